The van der Waals surface area contributed by atoms with Crippen molar-refractivity contribution in [1.82, 2.24) is 4.90 Å². The van der Waals surface area contributed by atoms with Crippen molar-refractivity contribution in [1.29, 1.82) is 0 Å². The fourth-order valence-electron chi connectivity index (χ4n) is 1.80. The second-order valence-corrected chi connectivity index (χ2v) is 4.25. The van der Waals surface area contributed by atoms with E-state index in [2.05, 4.69) is 0 Å². The van der Waals surface area contributed by atoms with Crippen molar-refractivity contribution < 1.29 is 14.6 Å². The molecule has 1 saturated carbocycles. The molecule has 80 valence electrons. The van der Waals surface area contributed by atoms with Gasteiger partial charge in [0.05, 0.1) is 25.4 Å². The number of aliphatic hydroxyl groups is 1. The van der Waals surface area contributed by atoms with Crippen molar-refractivity contribution in [2.75, 3.05) is 19.8 Å². The molecular weight excluding hydrogens is 182 g/mol. The van der Waals surface area contributed by atoms with Gasteiger partial charge in [-0.05, 0) is 19.8 Å². The lowest BCUT2D eigenvalue weighted by molar-refractivity contribution is -0.147. The van der Waals surface area contributed by atoms with Gasteiger partial charge in [0.1, 0.15) is 0 Å². The molecule has 1 amide bonds. The van der Waals surface area contributed by atoms with Gasteiger partial charge in [0.25, 0.3) is 0 Å². The quantitative estimate of drug-likeness (QED) is 0.681. The highest BCUT2D eigenvalue weighted by molar-refractivity contribution is 5.81. The van der Waals surface area contributed by atoms with Crippen molar-refractivity contribution in [3.8, 4) is 0 Å². The Morgan fingerprint density at radius 2 is 2.29 bits per heavy atom. The normalized spacial score (nSPS) is 33.1. The molecule has 0 aromatic carbocycles. The SMILES string of the molecule is CC1COC(CO)CN1C(=O)C1CC1. The van der Waals surface area contributed by atoms with Crippen LogP contribution in [0.25, 0.3) is 0 Å². The van der Waals surface area contributed by atoms with E-state index in [1.165, 1.54) is 0 Å². The number of morpholine rings is 1. The fourth-order valence-corrected chi connectivity index (χ4v) is 1.80. The third kappa shape index (κ3) is 1.91. The van der Waals surface area contributed by atoms with Gasteiger partial charge in [-0.2, -0.15) is 0 Å². The van der Waals surface area contributed by atoms with Crippen LogP contribution in [0.15, 0.2) is 0 Å². The van der Waals surface area contributed by atoms with Gasteiger partial charge < -0.3 is 14.7 Å². The molecule has 0 aromatic rings. The van der Waals surface area contributed by atoms with E-state index in [0.717, 1.165) is 12.8 Å². The number of hydrogen-bond acceptors (Lipinski definition) is 3. The number of aliphatic hydroxyl groups excluding tert-OH is 1. The summed E-state index contributed by atoms with van der Waals surface area (Å²) in [6.45, 7) is 3.09. The summed E-state index contributed by atoms with van der Waals surface area (Å²) in [6.07, 6.45) is 1.88. The van der Waals surface area contributed by atoms with Crippen LogP contribution >= 0.6 is 0 Å². The van der Waals surface area contributed by atoms with Crippen molar-refractivity contribution in [2.24, 2.45) is 5.92 Å². The molecule has 4 nitrogen and oxygen atoms in total. The molecule has 2 unspecified atom stereocenters. The molecule has 2 fully saturated rings. The first-order chi connectivity index (χ1) is 6.72. The lowest BCUT2D eigenvalue weighted by Gasteiger charge is -2.37. The highest BCUT2D eigenvalue weighted by Gasteiger charge is 2.38. The molecule has 1 saturated heterocycles. The maximum absolute atomic E-state index is 11.8. The maximum atomic E-state index is 11.8. The van der Waals surface area contributed by atoms with Gasteiger partial charge in [0, 0.05) is 12.5 Å². The van der Waals surface area contributed by atoms with E-state index in [9.17, 15) is 4.79 Å². The molecule has 0 aromatic heterocycles. The molecule has 14 heavy (non-hydrogen) atoms. The molecule has 1 aliphatic carbocycles. The Morgan fingerprint density at radius 3 is 2.86 bits per heavy atom. The second-order valence-electron chi connectivity index (χ2n) is 4.25. The van der Waals surface area contributed by atoms with Crippen molar-refractivity contribution >= 4 is 5.91 Å². The maximum Gasteiger partial charge on any atom is 0.226 e. The van der Waals surface area contributed by atoms with Crippen LogP contribution in [0.5, 0.6) is 0 Å². The number of rotatable bonds is 2. The van der Waals surface area contributed by atoms with E-state index >= 15 is 0 Å². The van der Waals surface area contributed by atoms with Gasteiger partial charge in [0.2, 0.25) is 5.91 Å². The van der Waals surface area contributed by atoms with E-state index in [0.29, 0.717) is 13.2 Å². The average Bonchev–Trinajstić information content (AvgIpc) is 3.01. The van der Waals surface area contributed by atoms with E-state index in [4.69, 9.17) is 9.84 Å². The summed E-state index contributed by atoms with van der Waals surface area (Å²) in [6, 6.07) is 0.158. The third-order valence-electron chi connectivity index (χ3n) is 2.92. The molecule has 2 atom stereocenters. The molecule has 4 heteroatoms. The van der Waals surface area contributed by atoms with Crippen LogP contribution < -0.4 is 0 Å². The summed E-state index contributed by atoms with van der Waals surface area (Å²) in [5, 5.41) is 8.97. The van der Waals surface area contributed by atoms with Gasteiger partial charge in [-0.3, -0.25) is 4.79 Å². The molecule has 2 aliphatic rings. The summed E-state index contributed by atoms with van der Waals surface area (Å²) < 4.78 is 5.38. The van der Waals surface area contributed by atoms with E-state index in [1.54, 1.807) is 0 Å². The van der Waals surface area contributed by atoms with Crippen LogP contribution in [-0.4, -0.2) is 47.8 Å². The van der Waals surface area contributed by atoms with Gasteiger partial charge in [-0.1, -0.05) is 0 Å². The Bertz CT molecular complexity index is 227. The molecule has 1 heterocycles. The topological polar surface area (TPSA) is 49.8 Å². The number of hydrogen-bond donors (Lipinski definition) is 1. The Morgan fingerprint density at radius 1 is 1.57 bits per heavy atom. The zero-order valence-corrected chi connectivity index (χ0v) is 8.48. The minimum Gasteiger partial charge on any atom is -0.394 e. The van der Waals surface area contributed by atoms with Crippen LogP contribution in [0.2, 0.25) is 0 Å². The largest absolute Gasteiger partial charge is 0.394 e. The van der Waals surface area contributed by atoms with E-state index < -0.39 is 0 Å². The Labute approximate surface area is 83.8 Å². The molecule has 1 aliphatic heterocycles. The summed E-state index contributed by atoms with van der Waals surface area (Å²) in [7, 11) is 0. The number of carbonyl (C=O) groups excluding carboxylic acids is 1. The van der Waals surface area contributed by atoms with E-state index in [-0.39, 0.29) is 30.6 Å². The zero-order chi connectivity index (χ0) is 10.1. The Kier molecular flexibility index (Phi) is 2.74. The van der Waals surface area contributed by atoms with Crippen molar-refractivity contribution in [3.63, 3.8) is 0 Å². The molecule has 2 rings (SSSR count). The van der Waals surface area contributed by atoms with Crippen molar-refractivity contribution in [2.45, 2.75) is 31.9 Å². The van der Waals surface area contributed by atoms with Gasteiger partial charge in [0.15, 0.2) is 0 Å². The summed E-state index contributed by atoms with van der Waals surface area (Å²) >= 11 is 0. The van der Waals surface area contributed by atoms with Crippen LogP contribution in [0.4, 0.5) is 0 Å². The smallest absolute Gasteiger partial charge is 0.226 e. The summed E-state index contributed by atoms with van der Waals surface area (Å²) in [5.41, 5.74) is 0. The Hall–Kier alpha value is -0.610. The lowest BCUT2D eigenvalue weighted by atomic mass is 10.2. The lowest BCUT2D eigenvalue weighted by Crippen LogP contribution is -2.52. The third-order valence-corrected chi connectivity index (χ3v) is 2.92. The monoisotopic (exact) mass is 199 g/mol. The van der Waals surface area contributed by atoms with Crippen LogP contribution in [0.1, 0.15) is 19.8 Å². The van der Waals surface area contributed by atoms with Crippen LogP contribution in [-0.2, 0) is 9.53 Å². The number of ether oxygens (including phenoxy) is 1. The van der Waals surface area contributed by atoms with Gasteiger partial charge in [-0.15, -0.1) is 0 Å². The standard InChI is InChI=1S/C10H17NO3/c1-7-6-14-9(5-12)4-11(7)10(13)8-2-3-8/h7-9,12H,2-6H2,1H3. The molecular formula is C10H17NO3. The van der Waals surface area contributed by atoms with Crippen LogP contribution in [0.3, 0.4) is 0 Å². The minimum absolute atomic E-state index is 0.00116. The highest BCUT2D eigenvalue weighted by Crippen LogP contribution is 2.32. The van der Waals surface area contributed by atoms with Gasteiger partial charge in [-0.25, -0.2) is 0 Å². The Balaban J connectivity index is 1.96. The van der Waals surface area contributed by atoms with Crippen LogP contribution in [0, 0.1) is 5.92 Å². The zero-order valence-electron chi connectivity index (χ0n) is 8.48. The van der Waals surface area contributed by atoms with Crippen molar-refractivity contribution in [3.05, 3.63) is 0 Å². The highest BCUT2D eigenvalue weighted by atomic mass is 16.5. The molecule has 0 bridgehead atoms. The summed E-state index contributed by atoms with van der Waals surface area (Å²) in [5.74, 6) is 0.508. The number of nitrogens with zero attached hydrogens (tertiary/aromatic N) is 1. The van der Waals surface area contributed by atoms with E-state index in [1.807, 2.05) is 11.8 Å². The predicted molar refractivity (Wildman–Crippen MR) is 50.7 cm³/mol. The molecule has 1 N–H and O–H groups in total. The average molecular weight is 199 g/mol. The predicted octanol–water partition coefficient (Wildman–Crippen LogP) is 0.00460. The molecule has 0 radical (unpaired) electrons. The fraction of sp³-hybridized carbons (Fsp3) is 0.900. The number of amides is 1. The first-order valence-electron chi connectivity index (χ1n) is 5.25. The first-order valence-corrected chi connectivity index (χ1v) is 5.25. The minimum atomic E-state index is -0.186. The second kappa shape index (κ2) is 3.87. The summed E-state index contributed by atoms with van der Waals surface area (Å²) in [4.78, 5) is 13.7. The molecule has 0 spiro atoms. The first kappa shape index (κ1) is 9.93. The number of carbonyl (C=O) groups is 1. The van der Waals surface area contributed by atoms with Gasteiger partial charge >= 0.3 is 0 Å².